The van der Waals surface area contributed by atoms with Gasteiger partial charge in [-0.2, -0.15) is 0 Å². The van der Waals surface area contributed by atoms with Crippen LogP contribution in [0.15, 0.2) is 60.0 Å². The van der Waals surface area contributed by atoms with Crippen LogP contribution in [0.5, 0.6) is 0 Å². The molecule has 0 aliphatic rings. The lowest BCUT2D eigenvalue weighted by Gasteiger charge is -2.09. The molecule has 0 atom stereocenters. The minimum absolute atomic E-state index is 0.209. The van der Waals surface area contributed by atoms with Crippen LogP contribution in [0.4, 0.5) is 15.8 Å². The Balaban J connectivity index is 1.72. The molecule has 0 saturated heterocycles. The lowest BCUT2D eigenvalue weighted by Crippen LogP contribution is -2.13. The van der Waals surface area contributed by atoms with Gasteiger partial charge in [0.15, 0.2) is 0 Å². The first-order valence-electron chi connectivity index (χ1n) is 7.55. The Morgan fingerprint density at radius 3 is 2.28 bits per heavy atom. The Bertz CT molecular complexity index is 923. The van der Waals surface area contributed by atoms with E-state index in [2.05, 4.69) is 10.6 Å². The Kier molecular flexibility index (Phi) is 4.90. The summed E-state index contributed by atoms with van der Waals surface area (Å²) in [5.41, 5.74) is 1.78. The third-order valence-electron chi connectivity index (χ3n) is 3.56. The number of carbonyl (C=O) groups is 2. The van der Waals surface area contributed by atoms with Crippen molar-refractivity contribution < 1.29 is 14.0 Å². The Morgan fingerprint density at radius 2 is 1.64 bits per heavy atom. The van der Waals surface area contributed by atoms with Gasteiger partial charge >= 0.3 is 0 Å². The minimum Gasteiger partial charge on any atom is -0.322 e. The molecule has 126 valence electrons. The van der Waals surface area contributed by atoms with Crippen LogP contribution in [0.2, 0.25) is 0 Å². The zero-order valence-electron chi connectivity index (χ0n) is 13.4. The van der Waals surface area contributed by atoms with Crippen LogP contribution in [-0.2, 0) is 0 Å². The summed E-state index contributed by atoms with van der Waals surface area (Å²) in [5.74, 6) is -1.05. The van der Waals surface area contributed by atoms with E-state index in [1.807, 2.05) is 5.38 Å². The summed E-state index contributed by atoms with van der Waals surface area (Å²) < 4.78 is 13.6. The number of anilines is 2. The summed E-state index contributed by atoms with van der Waals surface area (Å²) in [6.45, 7) is 1.64. The summed E-state index contributed by atoms with van der Waals surface area (Å²) in [6, 6.07) is 14.7. The smallest absolute Gasteiger partial charge is 0.265 e. The second-order valence-electron chi connectivity index (χ2n) is 5.43. The number of hydrogen-bond donors (Lipinski definition) is 2. The highest BCUT2D eigenvalue weighted by Gasteiger charge is 2.10. The van der Waals surface area contributed by atoms with Crippen LogP contribution >= 0.6 is 11.3 Å². The van der Waals surface area contributed by atoms with Crippen molar-refractivity contribution in [3.63, 3.8) is 0 Å². The van der Waals surface area contributed by atoms with Gasteiger partial charge in [0.1, 0.15) is 5.82 Å². The maximum absolute atomic E-state index is 13.6. The number of aryl methyl sites for hydroxylation is 1. The quantitative estimate of drug-likeness (QED) is 0.713. The standard InChI is InChI=1S/C19H15FN2O2S/c1-12-7-8-13(10-16(12)20)18(23)21-14-4-2-5-15(11-14)22-19(24)17-6-3-9-25-17/h2-11H,1H3,(H,21,23)(H,22,24). The van der Waals surface area contributed by atoms with Gasteiger partial charge in [-0.05, 0) is 54.3 Å². The lowest BCUT2D eigenvalue weighted by atomic mass is 10.1. The van der Waals surface area contributed by atoms with E-state index in [0.29, 0.717) is 21.8 Å². The number of nitrogens with one attached hydrogen (secondary N) is 2. The second-order valence-corrected chi connectivity index (χ2v) is 6.38. The molecule has 4 nitrogen and oxygen atoms in total. The number of halogens is 1. The molecule has 3 aromatic rings. The van der Waals surface area contributed by atoms with E-state index < -0.39 is 11.7 Å². The van der Waals surface area contributed by atoms with Gasteiger partial charge in [0.2, 0.25) is 0 Å². The average molecular weight is 354 g/mol. The van der Waals surface area contributed by atoms with E-state index in [4.69, 9.17) is 0 Å². The molecule has 1 aromatic heterocycles. The molecule has 1 heterocycles. The molecule has 0 aliphatic carbocycles. The van der Waals surface area contributed by atoms with Crippen LogP contribution in [0.3, 0.4) is 0 Å². The number of hydrogen-bond acceptors (Lipinski definition) is 3. The van der Waals surface area contributed by atoms with Gasteiger partial charge < -0.3 is 10.6 Å². The van der Waals surface area contributed by atoms with Crippen molar-refractivity contribution in [3.8, 4) is 0 Å². The molecular weight excluding hydrogens is 339 g/mol. The van der Waals surface area contributed by atoms with E-state index in [1.54, 1.807) is 55.5 Å². The third-order valence-corrected chi connectivity index (χ3v) is 4.43. The molecule has 0 saturated carbocycles. The van der Waals surface area contributed by atoms with Gasteiger partial charge in [0.05, 0.1) is 4.88 Å². The molecule has 0 unspecified atom stereocenters. The van der Waals surface area contributed by atoms with Crippen molar-refractivity contribution in [1.82, 2.24) is 0 Å². The number of rotatable bonds is 4. The van der Waals surface area contributed by atoms with Crippen molar-refractivity contribution in [2.24, 2.45) is 0 Å². The Morgan fingerprint density at radius 1 is 0.920 bits per heavy atom. The highest BCUT2D eigenvalue weighted by Crippen LogP contribution is 2.19. The maximum Gasteiger partial charge on any atom is 0.265 e. The van der Waals surface area contributed by atoms with Crippen molar-refractivity contribution in [3.05, 3.63) is 81.8 Å². The summed E-state index contributed by atoms with van der Waals surface area (Å²) in [6.07, 6.45) is 0. The van der Waals surface area contributed by atoms with E-state index in [-0.39, 0.29) is 11.5 Å². The van der Waals surface area contributed by atoms with Crippen molar-refractivity contribution >= 4 is 34.5 Å². The molecule has 0 aliphatic heterocycles. The third kappa shape index (κ3) is 4.10. The SMILES string of the molecule is Cc1ccc(C(=O)Nc2cccc(NC(=O)c3cccs3)c2)cc1F. The van der Waals surface area contributed by atoms with Gasteiger partial charge in [-0.25, -0.2) is 4.39 Å². The van der Waals surface area contributed by atoms with Gasteiger partial charge in [-0.3, -0.25) is 9.59 Å². The van der Waals surface area contributed by atoms with Gasteiger partial charge in [-0.15, -0.1) is 11.3 Å². The fraction of sp³-hybridized carbons (Fsp3) is 0.0526. The molecule has 0 radical (unpaired) electrons. The number of amides is 2. The van der Waals surface area contributed by atoms with E-state index in [9.17, 15) is 14.0 Å². The maximum atomic E-state index is 13.6. The van der Waals surface area contributed by atoms with Crippen LogP contribution in [-0.4, -0.2) is 11.8 Å². The van der Waals surface area contributed by atoms with Crippen LogP contribution < -0.4 is 10.6 Å². The molecule has 25 heavy (non-hydrogen) atoms. The highest BCUT2D eigenvalue weighted by atomic mass is 32.1. The summed E-state index contributed by atoms with van der Waals surface area (Å²) >= 11 is 1.35. The largest absolute Gasteiger partial charge is 0.322 e. The summed E-state index contributed by atoms with van der Waals surface area (Å²) in [5, 5.41) is 7.30. The fourth-order valence-corrected chi connectivity index (χ4v) is 2.83. The normalized spacial score (nSPS) is 10.3. The van der Waals surface area contributed by atoms with Crippen LogP contribution in [0.25, 0.3) is 0 Å². The van der Waals surface area contributed by atoms with Crippen LogP contribution in [0.1, 0.15) is 25.6 Å². The predicted molar refractivity (Wildman–Crippen MR) is 97.8 cm³/mol. The first-order chi connectivity index (χ1) is 12.0. The molecule has 2 aromatic carbocycles. The molecular formula is C19H15FN2O2S. The predicted octanol–water partition coefficient (Wildman–Crippen LogP) is 4.70. The summed E-state index contributed by atoms with van der Waals surface area (Å²) in [7, 11) is 0. The number of carbonyl (C=O) groups excluding carboxylic acids is 2. The fourth-order valence-electron chi connectivity index (χ4n) is 2.21. The minimum atomic E-state index is -0.426. The topological polar surface area (TPSA) is 58.2 Å². The molecule has 6 heteroatoms. The Labute approximate surface area is 148 Å². The van der Waals surface area contributed by atoms with E-state index in [1.165, 1.54) is 17.4 Å². The van der Waals surface area contributed by atoms with Gasteiger partial charge in [0.25, 0.3) is 11.8 Å². The Hall–Kier alpha value is -2.99. The highest BCUT2D eigenvalue weighted by molar-refractivity contribution is 7.12. The molecule has 0 fully saturated rings. The zero-order valence-corrected chi connectivity index (χ0v) is 14.2. The monoisotopic (exact) mass is 354 g/mol. The molecule has 2 amide bonds. The molecule has 0 bridgehead atoms. The number of benzene rings is 2. The number of thiophene rings is 1. The lowest BCUT2D eigenvalue weighted by molar-refractivity contribution is 0.102. The average Bonchev–Trinajstić information content (AvgIpc) is 3.12. The zero-order chi connectivity index (χ0) is 17.8. The van der Waals surface area contributed by atoms with Crippen molar-refractivity contribution in [2.75, 3.05) is 10.6 Å². The molecule has 0 spiro atoms. The first-order valence-corrected chi connectivity index (χ1v) is 8.43. The van der Waals surface area contributed by atoms with E-state index >= 15 is 0 Å². The van der Waals surface area contributed by atoms with E-state index in [0.717, 1.165) is 0 Å². The van der Waals surface area contributed by atoms with Crippen molar-refractivity contribution in [2.45, 2.75) is 6.92 Å². The second kappa shape index (κ2) is 7.27. The molecule has 3 rings (SSSR count). The van der Waals surface area contributed by atoms with Crippen molar-refractivity contribution in [1.29, 1.82) is 0 Å². The van der Waals surface area contributed by atoms with Gasteiger partial charge in [-0.1, -0.05) is 18.2 Å². The van der Waals surface area contributed by atoms with Crippen LogP contribution in [0, 0.1) is 12.7 Å². The molecule has 2 N–H and O–H groups in total. The van der Waals surface area contributed by atoms with Gasteiger partial charge in [0, 0.05) is 16.9 Å². The summed E-state index contributed by atoms with van der Waals surface area (Å²) in [4.78, 5) is 24.9. The first kappa shape index (κ1) is 16.9.